The van der Waals surface area contributed by atoms with Gasteiger partial charge in [-0.1, -0.05) is 0 Å². The van der Waals surface area contributed by atoms with Crippen LogP contribution in [0.2, 0.25) is 0 Å². The van der Waals surface area contributed by atoms with E-state index in [9.17, 15) is 0 Å². The summed E-state index contributed by atoms with van der Waals surface area (Å²) in [6, 6.07) is 0. The third-order valence-electron chi connectivity index (χ3n) is 0. The molecule has 2 N–H and O–H groups in total. The summed E-state index contributed by atoms with van der Waals surface area (Å²) in [6.07, 6.45) is 0. The molecular formula is H2NO4U-. The summed E-state index contributed by atoms with van der Waals surface area (Å²) in [4.78, 5) is 8.25. The van der Waals surface area contributed by atoms with Gasteiger partial charge in [0.25, 0.3) is 0 Å². The number of hydrogen-bond acceptors (Lipinski definition) is 3. The second-order valence-corrected chi connectivity index (χ2v) is 0.224. The molecular weight excluding hydrogens is 316 g/mol. The van der Waals surface area contributed by atoms with E-state index in [1.165, 1.54) is 0 Å². The van der Waals surface area contributed by atoms with Crippen molar-refractivity contribution in [3.63, 3.8) is 0 Å². The zero-order valence-electron chi connectivity index (χ0n) is 2.67. The van der Waals surface area contributed by atoms with E-state index in [-0.39, 0.29) is 36.6 Å². The topological polar surface area (TPSA) is 97.7 Å². The SMILES string of the molecule is O.O=[N+]([O-])[O-].[U]. The van der Waals surface area contributed by atoms with Crippen LogP contribution in [0, 0.1) is 46.4 Å². The van der Waals surface area contributed by atoms with Crippen molar-refractivity contribution in [1.29, 1.82) is 0 Å². The molecule has 0 saturated heterocycles. The van der Waals surface area contributed by atoms with Crippen LogP contribution in [0.1, 0.15) is 0 Å². The maximum atomic E-state index is 8.25. The Balaban J connectivity index is -0.0000000450. The maximum Gasteiger partial charge on any atom is 0.0689 e. The second kappa shape index (κ2) is 8.96. The molecule has 0 atom stereocenters. The van der Waals surface area contributed by atoms with Crippen LogP contribution in [0.5, 0.6) is 0 Å². The van der Waals surface area contributed by atoms with Gasteiger partial charge in [-0.15, -0.1) is 0 Å². The van der Waals surface area contributed by atoms with Gasteiger partial charge in [-0.05, 0) is 0 Å². The first-order valence-corrected chi connectivity index (χ1v) is 0.548. The Hall–Kier alpha value is 0.212. The standard InChI is InChI=1S/NO3.H2O.U/c2-1(3)4;;/h;1H2;/q-1;;. The smallest absolute Gasteiger partial charge is 0.0689 e. The maximum absolute atomic E-state index is 8.25. The van der Waals surface area contributed by atoms with Gasteiger partial charge in [0, 0.05) is 31.1 Å². The van der Waals surface area contributed by atoms with Crippen molar-refractivity contribution in [2.75, 3.05) is 0 Å². The molecule has 0 aliphatic heterocycles. The summed E-state index contributed by atoms with van der Waals surface area (Å²) >= 11 is 0. The van der Waals surface area contributed by atoms with Crippen LogP contribution in [-0.4, -0.2) is 10.6 Å². The van der Waals surface area contributed by atoms with Crippen molar-refractivity contribution in [3.8, 4) is 0 Å². The average Bonchev–Trinajstić information content (AvgIpc) is 0.811. The number of rotatable bonds is 0. The molecule has 0 unspecified atom stereocenters. The van der Waals surface area contributed by atoms with Crippen molar-refractivity contribution in [3.05, 3.63) is 15.3 Å². The normalized spacial score (nSPS) is 4.00. The third-order valence-corrected chi connectivity index (χ3v) is 0. The minimum absolute atomic E-state index is 0. The molecule has 0 aromatic carbocycles. The van der Waals surface area contributed by atoms with Crippen molar-refractivity contribution in [2.45, 2.75) is 0 Å². The predicted octanol–water partition coefficient (Wildman–Crippen LogP) is -1.06. The van der Waals surface area contributed by atoms with E-state index in [1.807, 2.05) is 0 Å². The molecule has 6 heteroatoms. The van der Waals surface area contributed by atoms with Crippen LogP contribution in [0.25, 0.3) is 0 Å². The molecule has 5 nitrogen and oxygen atoms in total. The Morgan fingerprint density at radius 3 is 1.33 bits per heavy atom. The Bertz CT molecular complexity index is 30.5. The van der Waals surface area contributed by atoms with Gasteiger partial charge >= 0.3 is 0 Å². The summed E-state index contributed by atoms with van der Waals surface area (Å²) in [5.74, 6) is 0. The predicted molar refractivity (Wildman–Crippen MR) is 14.0 cm³/mol. The molecule has 36 valence electrons. The van der Waals surface area contributed by atoms with E-state index in [0.717, 1.165) is 0 Å². The van der Waals surface area contributed by atoms with Gasteiger partial charge in [-0.2, -0.15) is 0 Å². The molecule has 0 radical (unpaired) electrons. The first kappa shape index (κ1) is 16.4. The van der Waals surface area contributed by atoms with Gasteiger partial charge in [0.2, 0.25) is 0 Å². The van der Waals surface area contributed by atoms with Crippen LogP contribution >= 0.6 is 0 Å². The monoisotopic (exact) mass is 318 g/mol. The Kier molecular flexibility index (Phi) is 24.4. The zero-order chi connectivity index (χ0) is 3.58. The minimum Gasteiger partial charge on any atom is -0.412 e. The quantitative estimate of drug-likeness (QED) is 0.420. The fraction of sp³-hybridized carbons (Fsp3) is 0. The fourth-order valence-electron chi connectivity index (χ4n) is 0. The van der Waals surface area contributed by atoms with E-state index >= 15 is 0 Å². The molecule has 0 heterocycles. The molecule has 0 rings (SSSR count). The first-order valence-electron chi connectivity index (χ1n) is 0.548. The molecule has 0 fully saturated rings. The fourth-order valence-corrected chi connectivity index (χ4v) is 0. The Labute approximate surface area is 57.1 Å². The van der Waals surface area contributed by atoms with Gasteiger partial charge in [0.05, 0.1) is 5.09 Å². The van der Waals surface area contributed by atoms with Gasteiger partial charge in [0.15, 0.2) is 0 Å². The third kappa shape index (κ3) is 967. The van der Waals surface area contributed by atoms with Crippen LogP contribution in [0.15, 0.2) is 0 Å². The summed E-state index contributed by atoms with van der Waals surface area (Å²) in [5, 5.41) is 14.8. The minimum atomic E-state index is -1.75. The van der Waals surface area contributed by atoms with E-state index in [0.29, 0.717) is 0 Å². The van der Waals surface area contributed by atoms with Gasteiger partial charge in [-0.25, -0.2) is 0 Å². The largest absolute Gasteiger partial charge is 0.412 e. The molecule has 0 aromatic heterocycles. The summed E-state index contributed by atoms with van der Waals surface area (Å²) in [7, 11) is 0. The van der Waals surface area contributed by atoms with Gasteiger partial charge in [0.1, 0.15) is 0 Å². The Morgan fingerprint density at radius 1 is 1.33 bits per heavy atom. The van der Waals surface area contributed by atoms with Crippen LogP contribution in [-0.2, 0) is 0 Å². The van der Waals surface area contributed by atoms with E-state index in [4.69, 9.17) is 15.3 Å². The number of hydrogen-bond donors (Lipinski definition) is 0. The summed E-state index contributed by atoms with van der Waals surface area (Å²) in [5.41, 5.74) is 0. The van der Waals surface area contributed by atoms with Crippen LogP contribution in [0.4, 0.5) is 0 Å². The van der Waals surface area contributed by atoms with Crippen LogP contribution in [0.3, 0.4) is 0 Å². The summed E-state index contributed by atoms with van der Waals surface area (Å²) in [6.45, 7) is 0. The molecule has 0 amide bonds. The first-order chi connectivity index (χ1) is 1.73. The molecule has 0 aromatic rings. The zero-order valence-corrected chi connectivity index (χ0v) is 6.84. The molecule has 0 spiro atoms. The average molecular weight is 318 g/mol. The van der Waals surface area contributed by atoms with Gasteiger partial charge < -0.3 is 20.8 Å². The van der Waals surface area contributed by atoms with Crippen molar-refractivity contribution < 1.29 is 41.7 Å². The molecule has 0 aliphatic rings. The van der Waals surface area contributed by atoms with Crippen molar-refractivity contribution >= 4 is 0 Å². The van der Waals surface area contributed by atoms with Crippen LogP contribution < -0.4 is 0 Å². The molecule has 0 saturated carbocycles. The van der Waals surface area contributed by atoms with E-state index < -0.39 is 5.09 Å². The second-order valence-electron chi connectivity index (χ2n) is 0.224. The molecule has 0 aliphatic carbocycles. The van der Waals surface area contributed by atoms with E-state index in [1.54, 1.807) is 0 Å². The molecule has 6 heavy (non-hydrogen) atoms. The van der Waals surface area contributed by atoms with E-state index in [2.05, 4.69) is 0 Å². The Morgan fingerprint density at radius 2 is 1.33 bits per heavy atom. The van der Waals surface area contributed by atoms with Crippen molar-refractivity contribution in [1.82, 2.24) is 0 Å². The van der Waals surface area contributed by atoms with Crippen molar-refractivity contribution in [2.24, 2.45) is 0 Å². The van der Waals surface area contributed by atoms with Gasteiger partial charge in [-0.3, -0.25) is 0 Å². The number of nitrogens with zero attached hydrogens (tertiary/aromatic N) is 1. The summed E-state index contributed by atoms with van der Waals surface area (Å²) < 4.78 is 0. The molecule has 0 bridgehead atoms.